The Kier molecular flexibility index (Phi) is 7.21. The van der Waals surface area contributed by atoms with Crippen LogP contribution in [-0.4, -0.2) is 41.7 Å². The second-order valence-corrected chi connectivity index (χ2v) is 12.4. The van der Waals surface area contributed by atoms with Crippen LogP contribution in [0.1, 0.15) is 59.5 Å². The zero-order chi connectivity index (χ0) is 29.6. The van der Waals surface area contributed by atoms with Gasteiger partial charge in [-0.15, -0.1) is 0 Å². The number of halogens is 1. The quantitative estimate of drug-likeness (QED) is 0.223. The number of benzene rings is 3. The number of carbonyl (C=O) groups excluding carboxylic acids is 1. The van der Waals surface area contributed by atoms with E-state index in [4.69, 9.17) is 14.5 Å². The number of nitrogens with zero attached hydrogens (tertiary/aromatic N) is 1. The fourth-order valence-corrected chi connectivity index (χ4v) is 7.58. The first-order chi connectivity index (χ1) is 20.2. The number of carboxylic acids is 1. The Bertz CT molecular complexity index is 1670. The van der Waals surface area contributed by atoms with Gasteiger partial charge in [-0.05, 0) is 74.9 Å². The molecule has 1 atom stereocenters. The molecule has 1 heterocycles. The molecule has 4 aromatic rings. The number of fused-ring (bicyclic) bond motifs is 4. The van der Waals surface area contributed by atoms with Crippen molar-refractivity contribution >= 4 is 38.7 Å². The van der Waals surface area contributed by atoms with Crippen LogP contribution in [0.2, 0.25) is 0 Å². The maximum atomic E-state index is 14.6. The normalized spacial score (nSPS) is 23.0. The van der Waals surface area contributed by atoms with E-state index < -0.39 is 16.9 Å². The van der Waals surface area contributed by atoms with Gasteiger partial charge in [0.15, 0.2) is 0 Å². The molecule has 42 heavy (non-hydrogen) atoms. The van der Waals surface area contributed by atoms with Gasteiger partial charge < -0.3 is 19.9 Å². The predicted octanol–water partition coefficient (Wildman–Crippen LogP) is 7.29. The number of nitrogens with one attached hydrogen (secondary N) is 1. The van der Waals surface area contributed by atoms with Gasteiger partial charge in [0.1, 0.15) is 11.5 Å². The smallest absolute Gasteiger partial charge is 0.309 e. The van der Waals surface area contributed by atoms with Crippen LogP contribution in [0.15, 0.2) is 71.2 Å². The molecule has 3 saturated carbocycles. The Balaban J connectivity index is 1.50. The zero-order valence-corrected chi connectivity index (χ0v) is 25.5. The summed E-state index contributed by atoms with van der Waals surface area (Å²) in [5.41, 5.74) is 3.05. The number of pyridine rings is 1. The van der Waals surface area contributed by atoms with Crippen LogP contribution in [0.4, 0.5) is 0 Å². The van der Waals surface area contributed by atoms with Crippen LogP contribution in [0.25, 0.3) is 22.2 Å². The van der Waals surface area contributed by atoms with E-state index in [1.165, 1.54) is 0 Å². The van der Waals surface area contributed by atoms with E-state index in [1.54, 1.807) is 14.2 Å². The number of methoxy groups -OCH3 is 2. The Labute approximate surface area is 253 Å². The maximum Gasteiger partial charge on any atom is 0.309 e. The summed E-state index contributed by atoms with van der Waals surface area (Å²) in [7, 11) is 3.21. The number of rotatable bonds is 7. The van der Waals surface area contributed by atoms with Crippen molar-refractivity contribution in [3.63, 3.8) is 0 Å². The Morgan fingerprint density at radius 1 is 0.952 bits per heavy atom. The van der Waals surface area contributed by atoms with Gasteiger partial charge in [-0.25, -0.2) is 4.98 Å². The van der Waals surface area contributed by atoms with Crippen LogP contribution in [0.5, 0.6) is 11.5 Å². The van der Waals surface area contributed by atoms with Gasteiger partial charge in [-0.3, -0.25) is 9.59 Å². The van der Waals surface area contributed by atoms with Gasteiger partial charge >= 0.3 is 5.97 Å². The van der Waals surface area contributed by atoms with Crippen LogP contribution >= 0.6 is 15.9 Å². The van der Waals surface area contributed by atoms with E-state index in [2.05, 4.69) is 21.2 Å². The molecule has 3 aromatic carbocycles. The Hall–Kier alpha value is -3.91. The van der Waals surface area contributed by atoms with Gasteiger partial charge in [0.05, 0.1) is 36.4 Å². The Morgan fingerprint density at radius 3 is 2.24 bits per heavy atom. The van der Waals surface area contributed by atoms with E-state index in [0.717, 1.165) is 37.8 Å². The third-order valence-corrected chi connectivity index (χ3v) is 9.95. The van der Waals surface area contributed by atoms with Crippen molar-refractivity contribution in [3.8, 4) is 22.8 Å². The number of amides is 1. The molecule has 1 amide bonds. The predicted molar refractivity (Wildman–Crippen MR) is 165 cm³/mol. The molecule has 7 rings (SSSR count). The van der Waals surface area contributed by atoms with Crippen molar-refractivity contribution in [3.05, 3.63) is 87.9 Å². The van der Waals surface area contributed by atoms with Gasteiger partial charge in [0.2, 0.25) is 0 Å². The molecule has 216 valence electrons. The summed E-state index contributed by atoms with van der Waals surface area (Å²) in [6.07, 6.45) is 2.44. The minimum atomic E-state index is -0.854. The summed E-state index contributed by atoms with van der Waals surface area (Å²) >= 11 is 3.58. The summed E-state index contributed by atoms with van der Waals surface area (Å²) in [5, 5.41) is 14.6. The van der Waals surface area contributed by atoms with Crippen molar-refractivity contribution < 1.29 is 24.2 Å². The van der Waals surface area contributed by atoms with E-state index in [9.17, 15) is 14.7 Å². The molecule has 0 saturated heterocycles. The van der Waals surface area contributed by atoms with Crippen molar-refractivity contribution in [2.45, 2.75) is 50.5 Å². The lowest BCUT2D eigenvalue weighted by molar-refractivity contribution is -0.157. The Morgan fingerprint density at radius 2 is 1.62 bits per heavy atom. The van der Waals surface area contributed by atoms with E-state index in [0.29, 0.717) is 49.2 Å². The van der Waals surface area contributed by atoms with E-state index in [1.807, 2.05) is 73.7 Å². The molecule has 7 nitrogen and oxygen atoms in total. The fraction of sp³-hybridized carbons (Fsp3) is 0.324. The second-order valence-electron chi connectivity index (χ2n) is 11.5. The lowest BCUT2D eigenvalue weighted by Gasteiger charge is -2.56. The number of ether oxygens (including phenoxy) is 2. The molecule has 2 bridgehead atoms. The monoisotopic (exact) mass is 628 g/mol. The van der Waals surface area contributed by atoms with Gasteiger partial charge in [-0.1, -0.05) is 52.3 Å². The first-order valence-electron chi connectivity index (χ1n) is 14.1. The first kappa shape index (κ1) is 28.2. The molecule has 8 heteroatoms. The molecule has 0 radical (unpaired) electrons. The number of hydrogen-bond acceptors (Lipinski definition) is 5. The number of carboxylic acid groups (broad SMARTS) is 1. The highest BCUT2D eigenvalue weighted by atomic mass is 79.9. The molecular formula is C34H33BrN2O5. The van der Waals surface area contributed by atoms with Crippen LogP contribution in [0, 0.1) is 12.3 Å². The molecule has 0 aliphatic heterocycles. The molecule has 0 spiro atoms. The maximum absolute atomic E-state index is 14.6. The average molecular weight is 630 g/mol. The average Bonchev–Trinajstić information content (AvgIpc) is 3.01. The number of carbonyl (C=O) groups is 2. The standard InChI is InChI=1S/C34H33BrN2O5/c1-20-28(23-18-22(35)12-13-25(23)36-30(20)21-8-5-4-6-9-21)31(38)37-34-16-14-33(15-17-34,32(39)40)19-24(34)29-26(41-2)10-7-11-27(29)42-3/h4-13,18,24H,14-17,19H2,1-3H3,(H,37,38)(H,39,40)/t24-,33?,34?/m1/s1. The van der Waals surface area contributed by atoms with Crippen LogP contribution in [-0.2, 0) is 4.79 Å². The lowest BCUT2D eigenvalue weighted by atomic mass is 9.51. The van der Waals surface area contributed by atoms with Crippen molar-refractivity contribution in [1.82, 2.24) is 10.3 Å². The lowest BCUT2D eigenvalue weighted by Crippen LogP contribution is -2.62. The highest BCUT2D eigenvalue weighted by Crippen LogP contribution is 2.61. The summed E-state index contributed by atoms with van der Waals surface area (Å²) in [4.78, 5) is 32.1. The highest BCUT2D eigenvalue weighted by Gasteiger charge is 2.59. The summed E-state index contributed by atoms with van der Waals surface area (Å²) in [6.45, 7) is 1.94. The number of hydrogen-bond donors (Lipinski definition) is 2. The van der Waals surface area contributed by atoms with Crippen LogP contribution < -0.4 is 14.8 Å². The molecule has 0 unspecified atom stereocenters. The van der Waals surface area contributed by atoms with E-state index >= 15 is 0 Å². The topological polar surface area (TPSA) is 97.8 Å². The molecule has 3 aliphatic rings. The SMILES string of the molecule is COc1cccc(OC)c1[C@H]1CC2(C(=O)O)CCC1(NC(=O)c1c(C)c(-c3ccccc3)nc3ccc(Br)cc13)CC2. The van der Waals surface area contributed by atoms with Gasteiger partial charge in [0.25, 0.3) is 5.91 Å². The van der Waals surface area contributed by atoms with E-state index in [-0.39, 0.29) is 11.8 Å². The molecular weight excluding hydrogens is 596 g/mol. The third-order valence-electron chi connectivity index (χ3n) is 9.46. The highest BCUT2D eigenvalue weighted by molar-refractivity contribution is 9.10. The van der Waals surface area contributed by atoms with Crippen molar-refractivity contribution in [1.29, 1.82) is 0 Å². The third kappa shape index (κ3) is 4.53. The minimum absolute atomic E-state index is 0.196. The molecule has 3 fully saturated rings. The summed E-state index contributed by atoms with van der Waals surface area (Å²) in [5.74, 6) is -0.0447. The van der Waals surface area contributed by atoms with Gasteiger partial charge in [0, 0.05) is 32.4 Å². The molecule has 1 aromatic heterocycles. The molecule has 2 N–H and O–H groups in total. The fourth-order valence-electron chi connectivity index (χ4n) is 7.22. The summed E-state index contributed by atoms with van der Waals surface area (Å²) < 4.78 is 12.4. The van der Waals surface area contributed by atoms with Crippen LogP contribution in [0.3, 0.4) is 0 Å². The zero-order valence-electron chi connectivity index (χ0n) is 23.9. The summed E-state index contributed by atoms with van der Waals surface area (Å²) in [6, 6.07) is 21.3. The van der Waals surface area contributed by atoms with Crippen molar-refractivity contribution in [2.24, 2.45) is 5.41 Å². The van der Waals surface area contributed by atoms with Gasteiger partial charge in [-0.2, -0.15) is 0 Å². The first-order valence-corrected chi connectivity index (χ1v) is 14.9. The second kappa shape index (κ2) is 10.7. The van der Waals surface area contributed by atoms with Crippen molar-refractivity contribution in [2.75, 3.05) is 14.2 Å². The minimum Gasteiger partial charge on any atom is -0.496 e. The number of aliphatic carboxylic acids is 1. The largest absolute Gasteiger partial charge is 0.496 e. The number of aromatic nitrogens is 1. The molecule has 3 aliphatic carbocycles.